The molecule has 1 N–H and O–H groups in total. The lowest BCUT2D eigenvalue weighted by atomic mass is 10.2. The molecule has 0 radical (unpaired) electrons. The number of sulfonamides is 1. The van der Waals surface area contributed by atoms with Gasteiger partial charge in [0, 0.05) is 55.4 Å². The van der Waals surface area contributed by atoms with Gasteiger partial charge >= 0.3 is 0 Å². The zero-order valence-electron chi connectivity index (χ0n) is 18.2. The van der Waals surface area contributed by atoms with Crippen LogP contribution in [0.15, 0.2) is 42.6 Å². The number of hydrogen-bond donors (Lipinski definition) is 1. The molecule has 0 bridgehead atoms. The summed E-state index contributed by atoms with van der Waals surface area (Å²) in [5.74, 6) is 2.19. The molecule has 1 aliphatic heterocycles. The molecule has 0 spiro atoms. The standard InChI is InChI=1S/C23H24N6O2S2/c1-33(30,31)29-11-9-28(10-12-29)21-14-19-17(3-2-8-24-19)22(27-21)25-16-6-7-18-20(13-16)32-23(26-18)15-4-5-15/h2-3,6-8,13-15H,4-5,9-12H2,1H3,(H,25,27). The number of fused-ring (bicyclic) bond motifs is 2. The molecule has 4 aromatic rings. The molecule has 1 saturated carbocycles. The second-order valence-electron chi connectivity index (χ2n) is 8.68. The van der Waals surface area contributed by atoms with Crippen LogP contribution in [0.1, 0.15) is 23.8 Å². The molecular formula is C23H24N6O2S2. The lowest BCUT2D eigenvalue weighted by Crippen LogP contribution is -2.48. The van der Waals surface area contributed by atoms with Crippen molar-refractivity contribution in [3.8, 4) is 0 Å². The van der Waals surface area contributed by atoms with E-state index in [2.05, 4.69) is 27.3 Å². The Bertz CT molecular complexity index is 1460. The van der Waals surface area contributed by atoms with Gasteiger partial charge < -0.3 is 10.2 Å². The van der Waals surface area contributed by atoms with E-state index in [-0.39, 0.29) is 0 Å². The van der Waals surface area contributed by atoms with Gasteiger partial charge in [-0.2, -0.15) is 4.31 Å². The molecule has 8 nitrogen and oxygen atoms in total. The molecule has 4 heterocycles. The van der Waals surface area contributed by atoms with E-state index in [1.54, 1.807) is 17.5 Å². The number of aromatic nitrogens is 3. The zero-order chi connectivity index (χ0) is 22.6. The second kappa shape index (κ2) is 7.89. The molecular weight excluding hydrogens is 456 g/mol. The smallest absolute Gasteiger partial charge is 0.211 e. The molecule has 6 rings (SSSR count). The fourth-order valence-corrected chi connectivity index (χ4v) is 6.23. The van der Waals surface area contributed by atoms with Crippen molar-refractivity contribution in [3.05, 3.63) is 47.6 Å². The number of rotatable bonds is 5. The summed E-state index contributed by atoms with van der Waals surface area (Å²) in [6.45, 7) is 2.09. The quantitative estimate of drug-likeness (QED) is 0.463. The Morgan fingerprint density at radius 1 is 1.03 bits per heavy atom. The number of anilines is 3. The number of piperazine rings is 1. The highest BCUT2D eigenvalue weighted by Gasteiger charge is 2.27. The van der Waals surface area contributed by atoms with Crippen molar-refractivity contribution in [2.45, 2.75) is 18.8 Å². The summed E-state index contributed by atoms with van der Waals surface area (Å²) in [7, 11) is -3.18. The van der Waals surface area contributed by atoms with Crippen LogP contribution >= 0.6 is 11.3 Å². The second-order valence-corrected chi connectivity index (χ2v) is 11.7. The maximum absolute atomic E-state index is 11.9. The third-order valence-corrected chi connectivity index (χ3v) is 8.70. The van der Waals surface area contributed by atoms with E-state index in [9.17, 15) is 8.42 Å². The van der Waals surface area contributed by atoms with Crippen molar-refractivity contribution in [1.29, 1.82) is 0 Å². The SMILES string of the molecule is CS(=O)(=O)N1CCN(c2cc3ncccc3c(Nc3ccc4nc(C5CC5)sc4c3)n2)CC1. The van der Waals surface area contributed by atoms with E-state index in [1.807, 2.05) is 24.3 Å². The van der Waals surface area contributed by atoms with Gasteiger partial charge in [0.1, 0.15) is 11.6 Å². The molecule has 1 aromatic carbocycles. The van der Waals surface area contributed by atoms with Crippen molar-refractivity contribution < 1.29 is 8.42 Å². The Morgan fingerprint density at radius 3 is 2.61 bits per heavy atom. The van der Waals surface area contributed by atoms with Crippen LogP contribution in [-0.4, -0.2) is 60.1 Å². The molecule has 33 heavy (non-hydrogen) atoms. The van der Waals surface area contributed by atoms with Crippen LogP contribution in [0.5, 0.6) is 0 Å². The Labute approximate surface area is 196 Å². The average Bonchev–Trinajstić information content (AvgIpc) is 3.58. The van der Waals surface area contributed by atoms with Crippen molar-refractivity contribution in [2.75, 3.05) is 42.7 Å². The average molecular weight is 481 g/mol. The van der Waals surface area contributed by atoms with Gasteiger partial charge in [-0.15, -0.1) is 11.3 Å². The Balaban J connectivity index is 1.32. The predicted octanol–water partition coefficient (Wildman–Crippen LogP) is 3.94. The van der Waals surface area contributed by atoms with Gasteiger partial charge in [0.2, 0.25) is 10.0 Å². The summed E-state index contributed by atoms with van der Waals surface area (Å²) in [6.07, 6.45) is 5.54. The Kier molecular flexibility index (Phi) is 4.97. The van der Waals surface area contributed by atoms with Crippen LogP contribution < -0.4 is 10.2 Å². The molecule has 2 fully saturated rings. The highest BCUT2D eigenvalue weighted by molar-refractivity contribution is 7.88. The third-order valence-electron chi connectivity index (χ3n) is 6.21. The van der Waals surface area contributed by atoms with Gasteiger partial charge in [0.15, 0.2) is 0 Å². The van der Waals surface area contributed by atoms with E-state index in [4.69, 9.17) is 9.97 Å². The van der Waals surface area contributed by atoms with E-state index < -0.39 is 10.0 Å². The van der Waals surface area contributed by atoms with E-state index >= 15 is 0 Å². The van der Waals surface area contributed by atoms with Crippen LogP contribution in [0.3, 0.4) is 0 Å². The maximum atomic E-state index is 11.9. The first-order chi connectivity index (χ1) is 15.9. The number of pyridine rings is 2. The molecule has 2 aliphatic rings. The van der Waals surface area contributed by atoms with Gasteiger partial charge in [-0.05, 0) is 43.2 Å². The van der Waals surface area contributed by atoms with Crippen LogP contribution in [0.2, 0.25) is 0 Å². The summed E-state index contributed by atoms with van der Waals surface area (Å²) in [4.78, 5) is 16.4. The fourth-order valence-electron chi connectivity index (χ4n) is 4.23. The van der Waals surface area contributed by atoms with E-state index in [0.29, 0.717) is 32.1 Å². The molecule has 0 amide bonds. The number of hydrogen-bond acceptors (Lipinski definition) is 8. The first kappa shape index (κ1) is 20.8. The minimum absolute atomic E-state index is 0.453. The van der Waals surface area contributed by atoms with Crippen LogP contribution in [0.4, 0.5) is 17.3 Å². The summed E-state index contributed by atoms with van der Waals surface area (Å²) in [5.41, 5.74) is 2.86. The van der Waals surface area contributed by atoms with E-state index in [0.717, 1.165) is 33.7 Å². The predicted molar refractivity (Wildman–Crippen MR) is 133 cm³/mol. The van der Waals surface area contributed by atoms with Crippen molar-refractivity contribution >= 4 is 59.8 Å². The third kappa shape index (κ3) is 4.14. The number of benzene rings is 1. The van der Waals surface area contributed by atoms with E-state index in [1.165, 1.54) is 33.1 Å². The van der Waals surface area contributed by atoms with Gasteiger partial charge in [0.25, 0.3) is 0 Å². The highest BCUT2D eigenvalue weighted by Crippen LogP contribution is 2.43. The number of nitrogens with one attached hydrogen (secondary N) is 1. The number of nitrogens with zero attached hydrogens (tertiary/aromatic N) is 5. The topological polar surface area (TPSA) is 91.3 Å². The summed E-state index contributed by atoms with van der Waals surface area (Å²) < 4.78 is 26.4. The molecule has 1 saturated heterocycles. The molecule has 0 unspecified atom stereocenters. The molecule has 0 atom stereocenters. The van der Waals surface area contributed by atoms with Crippen LogP contribution in [-0.2, 0) is 10.0 Å². The minimum atomic E-state index is -3.18. The normalized spacial score (nSPS) is 17.7. The Hall–Kier alpha value is -2.82. The van der Waals surface area contributed by atoms with Crippen molar-refractivity contribution in [3.63, 3.8) is 0 Å². The summed E-state index contributed by atoms with van der Waals surface area (Å²) >= 11 is 1.78. The highest BCUT2D eigenvalue weighted by atomic mass is 32.2. The molecule has 1 aliphatic carbocycles. The first-order valence-electron chi connectivity index (χ1n) is 11.1. The van der Waals surface area contributed by atoms with Gasteiger partial charge in [0.05, 0.1) is 27.0 Å². The lowest BCUT2D eigenvalue weighted by Gasteiger charge is -2.34. The summed E-state index contributed by atoms with van der Waals surface area (Å²) in [5, 5.41) is 5.68. The van der Waals surface area contributed by atoms with Gasteiger partial charge in [-0.3, -0.25) is 4.98 Å². The summed E-state index contributed by atoms with van der Waals surface area (Å²) in [6, 6.07) is 12.1. The fraction of sp³-hybridized carbons (Fsp3) is 0.348. The van der Waals surface area contributed by atoms with Crippen molar-refractivity contribution in [1.82, 2.24) is 19.3 Å². The maximum Gasteiger partial charge on any atom is 0.211 e. The van der Waals surface area contributed by atoms with Gasteiger partial charge in [-0.1, -0.05) is 0 Å². The largest absolute Gasteiger partial charge is 0.354 e. The lowest BCUT2D eigenvalue weighted by molar-refractivity contribution is 0.387. The van der Waals surface area contributed by atoms with Gasteiger partial charge in [-0.25, -0.2) is 18.4 Å². The molecule has 170 valence electrons. The molecule has 3 aromatic heterocycles. The Morgan fingerprint density at radius 2 is 1.85 bits per heavy atom. The zero-order valence-corrected chi connectivity index (χ0v) is 19.9. The monoisotopic (exact) mass is 480 g/mol. The minimum Gasteiger partial charge on any atom is -0.354 e. The van der Waals surface area contributed by atoms with Crippen LogP contribution in [0, 0.1) is 0 Å². The number of thiazole rings is 1. The molecule has 10 heteroatoms. The first-order valence-corrected chi connectivity index (χ1v) is 13.7. The van der Waals surface area contributed by atoms with Crippen LogP contribution in [0.25, 0.3) is 21.1 Å². The van der Waals surface area contributed by atoms with Crippen molar-refractivity contribution in [2.24, 2.45) is 0 Å².